The maximum Gasteiger partial charge on any atom is 0.419 e. The number of aryl methyl sites for hydroxylation is 1. The van der Waals surface area contributed by atoms with E-state index in [2.05, 4.69) is 5.16 Å². The third-order valence-electron chi connectivity index (χ3n) is 3.84. The first-order valence-electron chi connectivity index (χ1n) is 8.00. The second kappa shape index (κ2) is 8.41. The number of nitrogens with zero attached hydrogens (tertiary/aromatic N) is 1. The number of benzene rings is 2. The monoisotopic (exact) mass is 406 g/mol. The second-order valence-electron chi connectivity index (χ2n) is 5.84. The number of halogens is 6. The summed E-state index contributed by atoms with van der Waals surface area (Å²) in [5.41, 5.74) is 3.94. The van der Waals surface area contributed by atoms with Gasteiger partial charge in [0.05, 0.1) is 17.7 Å². The predicted molar refractivity (Wildman–Crippen MR) is 89.2 cm³/mol. The zero-order valence-electron chi connectivity index (χ0n) is 14.3. The zero-order chi connectivity index (χ0) is 20.9. The molecule has 3 N–H and O–H groups in total. The zero-order valence-corrected chi connectivity index (χ0v) is 14.3. The van der Waals surface area contributed by atoms with Gasteiger partial charge in [0.25, 0.3) is 0 Å². The molecule has 0 aromatic heterocycles. The molecule has 10 heteroatoms. The highest BCUT2D eigenvalue weighted by Gasteiger charge is 2.35. The summed E-state index contributed by atoms with van der Waals surface area (Å²) in [6.45, 7) is -0.0764. The Morgan fingerprint density at radius 2 is 1.61 bits per heavy atom. The normalized spacial score (nSPS) is 12.9. The lowest BCUT2D eigenvalue weighted by Crippen LogP contribution is -2.16. The van der Waals surface area contributed by atoms with E-state index >= 15 is 0 Å². The van der Waals surface area contributed by atoms with Gasteiger partial charge in [0.2, 0.25) is 0 Å². The average Bonchev–Trinajstić information content (AvgIpc) is 2.63. The third kappa shape index (κ3) is 5.54. The van der Waals surface area contributed by atoms with Crippen molar-refractivity contribution in [3.8, 4) is 5.75 Å². The summed E-state index contributed by atoms with van der Waals surface area (Å²) in [7, 11) is 0. The van der Waals surface area contributed by atoms with Crippen LogP contribution in [0.15, 0.2) is 47.6 Å². The molecule has 0 aliphatic heterocycles. The molecule has 0 spiro atoms. The van der Waals surface area contributed by atoms with Gasteiger partial charge in [0.15, 0.2) is 5.84 Å². The Morgan fingerprint density at radius 1 is 0.964 bits per heavy atom. The summed E-state index contributed by atoms with van der Waals surface area (Å²) in [6.07, 6.45) is -8.51. The highest BCUT2D eigenvalue weighted by molar-refractivity contribution is 5.97. The molecule has 28 heavy (non-hydrogen) atoms. The number of amidine groups is 1. The molecule has 4 nitrogen and oxygen atoms in total. The Kier molecular flexibility index (Phi) is 6.42. The van der Waals surface area contributed by atoms with Crippen LogP contribution in [0.2, 0.25) is 0 Å². The molecule has 0 amide bonds. The number of hydrogen-bond acceptors (Lipinski definition) is 3. The van der Waals surface area contributed by atoms with Crippen molar-refractivity contribution in [1.29, 1.82) is 0 Å². The van der Waals surface area contributed by atoms with Gasteiger partial charge in [0.1, 0.15) is 5.75 Å². The second-order valence-corrected chi connectivity index (χ2v) is 5.84. The molecule has 0 unspecified atom stereocenters. The van der Waals surface area contributed by atoms with Gasteiger partial charge in [0, 0.05) is 5.56 Å². The fourth-order valence-corrected chi connectivity index (χ4v) is 2.41. The van der Waals surface area contributed by atoms with E-state index in [1.54, 1.807) is 0 Å². The molecule has 2 aromatic rings. The minimum atomic E-state index is -4.71. The van der Waals surface area contributed by atoms with Crippen molar-refractivity contribution < 1.29 is 36.3 Å². The molecule has 2 rings (SSSR count). The molecule has 0 bridgehead atoms. The van der Waals surface area contributed by atoms with Crippen LogP contribution in [0.3, 0.4) is 0 Å². The fraction of sp³-hybridized carbons (Fsp3) is 0.278. The van der Waals surface area contributed by atoms with Gasteiger partial charge in [-0.05, 0) is 48.7 Å². The lowest BCUT2D eigenvalue weighted by atomic mass is 10.1. The van der Waals surface area contributed by atoms with Crippen molar-refractivity contribution in [3.63, 3.8) is 0 Å². The van der Waals surface area contributed by atoms with Crippen molar-refractivity contribution in [2.45, 2.75) is 25.2 Å². The Labute approximate surface area is 156 Å². The quantitative estimate of drug-likeness (QED) is 0.180. The van der Waals surface area contributed by atoms with E-state index in [0.717, 1.165) is 18.2 Å². The Morgan fingerprint density at radius 3 is 2.14 bits per heavy atom. The molecule has 0 aliphatic carbocycles. The molecular weight excluding hydrogens is 390 g/mol. The van der Waals surface area contributed by atoms with Crippen molar-refractivity contribution in [2.24, 2.45) is 10.9 Å². The van der Waals surface area contributed by atoms with Crippen LogP contribution >= 0.6 is 0 Å². The topological polar surface area (TPSA) is 67.8 Å². The number of alkyl halides is 6. The van der Waals surface area contributed by atoms with Gasteiger partial charge < -0.3 is 15.7 Å². The maximum absolute atomic E-state index is 13.2. The van der Waals surface area contributed by atoms with Gasteiger partial charge in [-0.15, -0.1) is 0 Å². The van der Waals surface area contributed by atoms with Crippen molar-refractivity contribution in [2.75, 3.05) is 6.61 Å². The first-order chi connectivity index (χ1) is 13.0. The first kappa shape index (κ1) is 21.4. The SMILES string of the molecule is N/C(=N\O)c1ccc(OCCCc2ccc(C(F)(F)F)cc2)c(C(F)(F)F)c1. The summed E-state index contributed by atoms with van der Waals surface area (Å²) in [4.78, 5) is 0. The molecule has 0 saturated heterocycles. The van der Waals surface area contributed by atoms with E-state index in [1.165, 1.54) is 18.2 Å². The molecular formula is C18H16F6N2O2. The summed E-state index contributed by atoms with van der Waals surface area (Å²) in [5.74, 6) is -0.895. The van der Waals surface area contributed by atoms with E-state index in [-0.39, 0.29) is 12.2 Å². The molecule has 2 aromatic carbocycles. The summed E-state index contributed by atoms with van der Waals surface area (Å²) < 4.78 is 82.3. The van der Waals surface area contributed by atoms with E-state index in [4.69, 9.17) is 15.7 Å². The van der Waals surface area contributed by atoms with Crippen molar-refractivity contribution in [3.05, 3.63) is 64.7 Å². The number of ether oxygens (including phenoxy) is 1. The Bertz CT molecular complexity index is 829. The number of rotatable bonds is 6. The van der Waals surface area contributed by atoms with Crippen LogP contribution in [0.1, 0.15) is 28.7 Å². The molecule has 0 fully saturated rings. The number of oxime groups is 1. The maximum atomic E-state index is 13.2. The predicted octanol–water partition coefficient (Wildman–Crippen LogP) is 4.83. The smallest absolute Gasteiger partial charge is 0.419 e. The minimum Gasteiger partial charge on any atom is -0.493 e. The average molecular weight is 406 g/mol. The first-order valence-corrected chi connectivity index (χ1v) is 8.00. The lowest BCUT2D eigenvalue weighted by molar-refractivity contribution is -0.139. The van der Waals surface area contributed by atoms with Crippen LogP contribution in [0.5, 0.6) is 5.75 Å². The molecule has 0 heterocycles. The molecule has 0 atom stereocenters. The van der Waals surface area contributed by atoms with Crippen LogP contribution in [-0.4, -0.2) is 17.6 Å². The summed E-state index contributed by atoms with van der Waals surface area (Å²) >= 11 is 0. The Hall–Kier alpha value is -2.91. The van der Waals surface area contributed by atoms with Crippen LogP contribution in [0.4, 0.5) is 26.3 Å². The van der Waals surface area contributed by atoms with E-state index in [1.807, 2.05) is 0 Å². The van der Waals surface area contributed by atoms with Gasteiger partial charge in [-0.3, -0.25) is 0 Å². The number of nitrogens with two attached hydrogens (primary N) is 1. The summed E-state index contributed by atoms with van der Waals surface area (Å²) in [6, 6.07) is 7.52. The standard InChI is InChI=1S/C18H16F6N2O2/c19-17(20,21)13-6-3-11(4-7-13)2-1-9-28-15-8-5-12(16(25)26-27)10-14(15)18(22,23)24/h3-8,10,27H,1-2,9H2,(H2,25,26). The fourth-order valence-electron chi connectivity index (χ4n) is 2.41. The van der Waals surface area contributed by atoms with Crippen molar-refractivity contribution in [1.82, 2.24) is 0 Å². The largest absolute Gasteiger partial charge is 0.493 e. The van der Waals surface area contributed by atoms with Gasteiger partial charge >= 0.3 is 12.4 Å². The molecule has 0 aliphatic rings. The number of hydrogen-bond donors (Lipinski definition) is 2. The van der Waals surface area contributed by atoms with Gasteiger partial charge in [-0.1, -0.05) is 17.3 Å². The highest BCUT2D eigenvalue weighted by Crippen LogP contribution is 2.37. The van der Waals surface area contributed by atoms with Crippen LogP contribution in [-0.2, 0) is 18.8 Å². The molecule has 0 radical (unpaired) electrons. The van der Waals surface area contributed by atoms with Crippen LogP contribution in [0.25, 0.3) is 0 Å². The third-order valence-corrected chi connectivity index (χ3v) is 3.84. The summed E-state index contributed by atoms with van der Waals surface area (Å²) in [5, 5.41) is 11.2. The van der Waals surface area contributed by atoms with E-state index in [0.29, 0.717) is 24.5 Å². The Balaban J connectivity index is 2.00. The van der Waals surface area contributed by atoms with Gasteiger partial charge in [-0.2, -0.15) is 26.3 Å². The lowest BCUT2D eigenvalue weighted by Gasteiger charge is -2.15. The molecule has 0 saturated carbocycles. The van der Waals surface area contributed by atoms with E-state index in [9.17, 15) is 26.3 Å². The minimum absolute atomic E-state index is 0.0764. The van der Waals surface area contributed by atoms with Crippen LogP contribution in [0, 0.1) is 0 Å². The van der Waals surface area contributed by atoms with Crippen LogP contribution < -0.4 is 10.5 Å². The van der Waals surface area contributed by atoms with Gasteiger partial charge in [-0.25, -0.2) is 0 Å². The van der Waals surface area contributed by atoms with Crippen molar-refractivity contribution >= 4 is 5.84 Å². The van der Waals surface area contributed by atoms with E-state index < -0.39 is 35.1 Å². The molecule has 152 valence electrons. The highest BCUT2D eigenvalue weighted by atomic mass is 19.4.